The number of hydrogen-bond donors (Lipinski definition) is 0. The number of anilines is 6. The van der Waals surface area contributed by atoms with E-state index in [0.29, 0.717) is 17.5 Å². The molecule has 0 unspecified atom stereocenters. The lowest BCUT2D eigenvalue weighted by atomic mass is 9.33. The van der Waals surface area contributed by atoms with Gasteiger partial charge in [-0.3, -0.25) is 0 Å². The lowest BCUT2D eigenvalue weighted by Crippen LogP contribution is -2.61. The number of rotatable bonds is 11. The van der Waals surface area contributed by atoms with Crippen molar-refractivity contribution < 1.29 is 0 Å². The molecule has 0 bridgehead atoms. The predicted octanol–water partition coefficient (Wildman–Crippen LogP) is 24.1. The molecule has 0 saturated heterocycles. The summed E-state index contributed by atoms with van der Waals surface area (Å²) >= 11 is 0. The highest BCUT2D eigenvalue weighted by molar-refractivity contribution is 7.00. The van der Waals surface area contributed by atoms with E-state index in [9.17, 15) is 0 Å². The Morgan fingerprint density at radius 3 is 0.728 bits per heavy atom. The van der Waals surface area contributed by atoms with Crippen molar-refractivity contribution in [1.82, 2.24) is 15.0 Å². The second kappa shape index (κ2) is 25.9. The first kappa shape index (κ1) is 66.1. The smallest absolute Gasteiger partial charge is 0.252 e. The highest BCUT2D eigenvalue weighted by atomic mass is 15.2. The third-order valence-corrected chi connectivity index (χ3v) is 20.8. The van der Waals surface area contributed by atoms with Gasteiger partial charge in [-0.15, -0.1) is 0 Å². The molecule has 2 aliphatic rings. The van der Waals surface area contributed by atoms with Gasteiger partial charge in [-0.1, -0.05) is 301 Å². The maximum Gasteiger partial charge on any atom is 0.252 e. The van der Waals surface area contributed by atoms with Crippen LogP contribution in [-0.2, 0) is 21.7 Å². The van der Waals surface area contributed by atoms with Gasteiger partial charge in [0, 0.05) is 50.8 Å². The lowest BCUT2D eigenvalue weighted by Gasteiger charge is -2.45. The minimum atomic E-state index is -0.267. The molecule has 14 aromatic rings. The maximum absolute atomic E-state index is 5.88. The highest BCUT2D eigenvalue weighted by Crippen LogP contribution is 2.50. The van der Waals surface area contributed by atoms with Crippen LogP contribution < -0.4 is 26.2 Å². The summed E-state index contributed by atoms with van der Waals surface area (Å²) in [6.07, 6.45) is 0. The summed E-state index contributed by atoms with van der Waals surface area (Å²) in [6, 6.07) is 113. The van der Waals surface area contributed by atoms with Gasteiger partial charge in [0.1, 0.15) is 0 Å². The van der Waals surface area contributed by atoms with Crippen LogP contribution in [0.4, 0.5) is 34.1 Å². The molecular formula is C97H86BN5. The normalized spacial score (nSPS) is 12.8. The number of aromatic nitrogens is 3. The first-order valence-corrected chi connectivity index (χ1v) is 36.3. The van der Waals surface area contributed by atoms with Crippen molar-refractivity contribution in [3.05, 3.63) is 326 Å². The van der Waals surface area contributed by atoms with Gasteiger partial charge in [0.05, 0.1) is 0 Å². The van der Waals surface area contributed by atoms with Gasteiger partial charge in [-0.25, -0.2) is 15.0 Å². The Morgan fingerprint density at radius 2 is 0.466 bits per heavy atom. The number of benzene rings is 13. The molecule has 13 aromatic carbocycles. The molecular weight excluding hydrogens is 1250 g/mol. The van der Waals surface area contributed by atoms with Gasteiger partial charge in [-0.05, 0) is 212 Å². The number of nitrogens with zero attached hydrogens (tertiary/aromatic N) is 5. The first-order valence-electron chi connectivity index (χ1n) is 36.3. The van der Waals surface area contributed by atoms with Crippen molar-refractivity contribution in [2.75, 3.05) is 9.80 Å². The van der Waals surface area contributed by atoms with Crippen molar-refractivity contribution in [2.24, 2.45) is 0 Å². The molecule has 0 amide bonds. The molecule has 5 nitrogen and oxygen atoms in total. The van der Waals surface area contributed by atoms with Crippen LogP contribution in [0.1, 0.15) is 105 Å². The summed E-state index contributed by atoms with van der Waals surface area (Å²) in [4.78, 5) is 22.6. The molecule has 0 fully saturated rings. The van der Waals surface area contributed by atoms with E-state index in [2.05, 4.69) is 396 Å². The molecule has 1 aromatic heterocycles. The number of fused-ring (bicyclic) bond motifs is 4. The van der Waals surface area contributed by atoms with Crippen molar-refractivity contribution in [2.45, 2.75) is 105 Å². The molecule has 0 radical (unpaired) electrons. The lowest BCUT2D eigenvalue weighted by molar-refractivity contribution is 0.568. The number of hydrogen-bond acceptors (Lipinski definition) is 5. The molecule has 3 heterocycles. The third-order valence-electron chi connectivity index (χ3n) is 20.8. The quantitative estimate of drug-likeness (QED) is 0.121. The van der Waals surface area contributed by atoms with Crippen molar-refractivity contribution >= 4 is 57.2 Å². The summed E-state index contributed by atoms with van der Waals surface area (Å²) in [5.74, 6) is 1.82. The second-order valence-electron chi connectivity index (χ2n) is 32.2. The Hall–Kier alpha value is -11.5. The minimum Gasteiger partial charge on any atom is -0.311 e. The maximum atomic E-state index is 5.88. The molecule has 0 saturated carbocycles. The van der Waals surface area contributed by atoms with Crippen molar-refractivity contribution in [1.29, 1.82) is 0 Å². The van der Waals surface area contributed by atoms with Crippen molar-refractivity contribution in [3.8, 4) is 101 Å². The van der Waals surface area contributed by atoms with Gasteiger partial charge in [0.25, 0.3) is 6.71 Å². The summed E-state index contributed by atoms with van der Waals surface area (Å²) in [5, 5.41) is 0. The summed E-state index contributed by atoms with van der Waals surface area (Å²) in [7, 11) is 0. The zero-order chi connectivity index (χ0) is 71.1. The fraction of sp³-hybridized carbons (Fsp3) is 0.165. The molecule has 16 rings (SSSR count). The van der Waals surface area contributed by atoms with E-state index in [-0.39, 0.29) is 28.4 Å². The van der Waals surface area contributed by atoms with Crippen LogP contribution in [-0.4, -0.2) is 21.7 Å². The second-order valence-corrected chi connectivity index (χ2v) is 32.2. The van der Waals surface area contributed by atoms with E-state index in [1.54, 1.807) is 0 Å². The topological polar surface area (TPSA) is 45.2 Å². The standard InChI is InChI=1S/C97H86BN5/c1-94(2,3)78-49-75(50-79(61-78)95(4,5)6)91-99-92(76-51-80(96(7,8)9)62-81(52-76)97(10,11)12)101-93(100-91)77-59-88-90-89(60-77)103(83-55-73(67-39-27-17-28-40-67)48-74(56-83)68-41-29-18-30-42-68)87-46-44-70(64-33-21-14-22-34-64)58-85(87)98(90)84-57-69(63-31-19-13-20-32-63)43-45-86(84)102(88)82-53-71(65-35-23-15-24-36-65)47-72(54-82)66-37-25-16-26-38-66/h13-62H,1-12H3. The van der Waals surface area contributed by atoms with Crippen LogP contribution in [0.25, 0.3) is 101 Å². The molecule has 502 valence electrons. The summed E-state index contributed by atoms with van der Waals surface area (Å²) in [5.41, 5.74) is 30.4. The molecule has 2 aliphatic heterocycles. The van der Waals surface area contributed by atoms with E-state index < -0.39 is 0 Å². The van der Waals surface area contributed by atoms with Gasteiger partial charge >= 0.3 is 0 Å². The zero-order valence-electron chi connectivity index (χ0n) is 61.2. The Morgan fingerprint density at radius 1 is 0.214 bits per heavy atom. The fourth-order valence-electron chi connectivity index (χ4n) is 15.0. The molecule has 0 N–H and O–H groups in total. The SMILES string of the molecule is CC(C)(C)c1cc(-c2nc(-c3cc(C(C)(C)C)cc(C(C)(C)C)c3)nc(-c3cc4c5c(c3)N(c3cc(-c6ccccc6)cc(-c6ccccc6)c3)c3ccc(-c6ccccc6)cc3B5c3cc(-c5ccccc5)ccc3N4c3cc(-c4ccccc4)cc(-c4ccccc4)c3)n2)cc(C(C)(C)C)c1. The van der Waals surface area contributed by atoms with Crippen LogP contribution in [0.5, 0.6) is 0 Å². The Bertz CT molecular complexity index is 5010. The Kier molecular flexibility index (Phi) is 16.6. The van der Waals surface area contributed by atoms with Gasteiger partial charge in [-0.2, -0.15) is 0 Å². The molecule has 0 atom stereocenters. The molecule has 0 spiro atoms. The van der Waals surface area contributed by atoms with Gasteiger partial charge in [0.15, 0.2) is 17.5 Å². The largest absolute Gasteiger partial charge is 0.311 e. The summed E-state index contributed by atoms with van der Waals surface area (Å²) in [6.45, 7) is 27.4. The predicted molar refractivity (Wildman–Crippen MR) is 438 cm³/mol. The monoisotopic (exact) mass is 1330 g/mol. The van der Waals surface area contributed by atoms with Crippen LogP contribution in [0, 0.1) is 0 Å². The van der Waals surface area contributed by atoms with E-state index in [1.807, 2.05) is 0 Å². The molecule has 6 heteroatoms. The Labute approximate surface area is 609 Å². The van der Waals surface area contributed by atoms with Gasteiger partial charge < -0.3 is 9.80 Å². The van der Waals surface area contributed by atoms with E-state index in [0.717, 1.165) is 118 Å². The van der Waals surface area contributed by atoms with Crippen LogP contribution in [0.15, 0.2) is 303 Å². The van der Waals surface area contributed by atoms with Crippen molar-refractivity contribution in [3.63, 3.8) is 0 Å². The van der Waals surface area contributed by atoms with E-state index in [4.69, 9.17) is 15.0 Å². The average Bonchev–Trinajstić information content (AvgIpc) is 0.692. The van der Waals surface area contributed by atoms with Crippen LogP contribution in [0.2, 0.25) is 0 Å². The highest BCUT2D eigenvalue weighted by Gasteiger charge is 2.45. The molecule has 103 heavy (non-hydrogen) atoms. The Balaban J connectivity index is 1.07. The minimum absolute atomic E-state index is 0.172. The average molecular weight is 1330 g/mol. The van der Waals surface area contributed by atoms with Crippen LogP contribution >= 0.6 is 0 Å². The zero-order valence-corrected chi connectivity index (χ0v) is 61.2. The van der Waals surface area contributed by atoms with E-state index >= 15 is 0 Å². The summed E-state index contributed by atoms with van der Waals surface area (Å²) < 4.78 is 0. The van der Waals surface area contributed by atoms with Crippen LogP contribution in [0.3, 0.4) is 0 Å². The molecule has 0 aliphatic carbocycles. The third kappa shape index (κ3) is 12.9. The van der Waals surface area contributed by atoms with E-state index in [1.165, 1.54) is 38.6 Å². The van der Waals surface area contributed by atoms with Gasteiger partial charge in [0.2, 0.25) is 0 Å². The fourth-order valence-corrected chi connectivity index (χ4v) is 15.0. The first-order chi connectivity index (χ1) is 49.5.